The van der Waals surface area contributed by atoms with Gasteiger partial charge in [0.05, 0.1) is 63.6 Å². The van der Waals surface area contributed by atoms with E-state index >= 15 is 0 Å². The summed E-state index contributed by atoms with van der Waals surface area (Å²) in [5.41, 5.74) is 10.8. The molecule has 440 valence electrons. The lowest BCUT2D eigenvalue weighted by molar-refractivity contribution is -0.144. The highest BCUT2D eigenvalue weighted by Crippen LogP contribution is 2.22. The van der Waals surface area contributed by atoms with Crippen molar-refractivity contribution in [1.82, 2.24) is 10.6 Å². The van der Waals surface area contributed by atoms with Gasteiger partial charge in [-0.15, -0.1) is 0 Å². The summed E-state index contributed by atoms with van der Waals surface area (Å²) in [5, 5.41) is 42.2. The summed E-state index contributed by atoms with van der Waals surface area (Å²) in [6.45, 7) is 5.53. The van der Waals surface area contributed by atoms with Gasteiger partial charge in [-0.25, -0.2) is 0 Å². The van der Waals surface area contributed by atoms with E-state index in [1.165, 1.54) is 58.3 Å². The second-order valence-electron chi connectivity index (χ2n) is 19.2. The average Bonchev–Trinajstić information content (AvgIpc) is 3.37. The topological polar surface area (TPSA) is 348 Å². The number of ketones is 4. The zero-order valence-electron chi connectivity index (χ0n) is 45.8. The third kappa shape index (κ3) is 46.8. The number of carbonyl (C=O) groups excluding carboxylic acids is 7. The third-order valence-corrected chi connectivity index (χ3v) is 12.5. The molecule has 0 spiro atoms. The van der Waals surface area contributed by atoms with E-state index in [4.69, 9.17) is 40.6 Å². The number of nitrogens with two attached hydrogens (primary N) is 2. The Morgan fingerprint density at radius 3 is 1.61 bits per heavy atom. The van der Waals surface area contributed by atoms with Crippen LogP contribution in [0.15, 0.2) is 0 Å². The van der Waals surface area contributed by atoms with E-state index in [9.17, 15) is 53.4 Å². The highest BCUT2D eigenvalue weighted by atomic mass is 16.5. The number of hydrogen-bond acceptors (Lipinski definition) is 16. The van der Waals surface area contributed by atoms with Crippen molar-refractivity contribution < 1.29 is 85.4 Å². The molecule has 0 fully saturated rings. The van der Waals surface area contributed by atoms with E-state index < -0.39 is 65.9 Å². The fraction of sp³-hybridized carbons (Fsp3) is 0.833. The number of primary amides is 1. The number of amides is 3. The Morgan fingerprint density at radius 2 is 1.08 bits per heavy atom. The Hall–Kier alpha value is -4.25. The molecule has 0 unspecified atom stereocenters. The Morgan fingerprint density at radius 1 is 0.547 bits per heavy atom. The summed E-state index contributed by atoms with van der Waals surface area (Å²) in [6.07, 6.45) is 18.0. The predicted molar refractivity (Wildman–Crippen MR) is 287 cm³/mol. The molecule has 0 aromatic heterocycles. The van der Waals surface area contributed by atoms with Gasteiger partial charge in [0.2, 0.25) is 17.7 Å². The van der Waals surface area contributed by atoms with E-state index in [0.717, 1.165) is 38.5 Å². The molecule has 0 saturated heterocycles. The van der Waals surface area contributed by atoms with Gasteiger partial charge in [0, 0.05) is 86.9 Å². The minimum atomic E-state index is -1.12. The maximum atomic E-state index is 12.8. The van der Waals surface area contributed by atoms with Gasteiger partial charge in [0.15, 0.2) is 5.78 Å². The molecule has 5 atom stereocenters. The second kappa shape index (κ2) is 50.6. The van der Waals surface area contributed by atoms with Crippen molar-refractivity contribution in [1.29, 1.82) is 0 Å². The van der Waals surface area contributed by atoms with Gasteiger partial charge in [-0.1, -0.05) is 90.4 Å². The fourth-order valence-corrected chi connectivity index (χ4v) is 7.82. The van der Waals surface area contributed by atoms with Crippen LogP contribution in [-0.4, -0.2) is 158 Å². The zero-order chi connectivity index (χ0) is 56.5. The van der Waals surface area contributed by atoms with E-state index in [1.807, 2.05) is 0 Å². The van der Waals surface area contributed by atoms with Gasteiger partial charge in [0.1, 0.15) is 24.0 Å². The van der Waals surface area contributed by atoms with Gasteiger partial charge < -0.3 is 61.5 Å². The first-order valence-electron chi connectivity index (χ1n) is 27.5. The molecule has 0 aliphatic rings. The monoisotopic (exact) mass is 1080 g/mol. The number of aliphatic carboxylic acids is 2. The number of Topliss-reactive ketones (excluding diaryl/α,β-unsaturated/α-hetero) is 4. The molecule has 3 amide bonds. The van der Waals surface area contributed by atoms with E-state index in [0.29, 0.717) is 90.9 Å². The summed E-state index contributed by atoms with van der Waals surface area (Å²) in [4.78, 5) is 106. The van der Waals surface area contributed by atoms with Crippen LogP contribution in [0.3, 0.4) is 0 Å². The van der Waals surface area contributed by atoms with E-state index in [-0.39, 0.29) is 78.2 Å². The van der Waals surface area contributed by atoms with Gasteiger partial charge in [-0.3, -0.25) is 43.2 Å². The van der Waals surface area contributed by atoms with Crippen LogP contribution >= 0.6 is 0 Å². The zero-order valence-corrected chi connectivity index (χ0v) is 45.8. The Kier molecular flexibility index (Phi) is 49.1. The molecule has 0 bridgehead atoms. The van der Waals surface area contributed by atoms with Crippen molar-refractivity contribution in [2.45, 2.75) is 199 Å². The largest absolute Gasteiger partial charge is 0.481 e. The fourth-order valence-electron chi connectivity index (χ4n) is 7.82. The molecule has 0 aromatic rings. The molecule has 10 N–H and O–H groups in total. The number of carbonyl (C=O) groups is 9. The molecule has 0 aliphatic carbocycles. The average molecular weight is 1080 g/mol. The van der Waals surface area contributed by atoms with Crippen molar-refractivity contribution in [3.05, 3.63) is 0 Å². The molecule has 0 aromatic carbocycles. The summed E-state index contributed by atoms with van der Waals surface area (Å²) in [5.74, 6) is -6.32. The summed E-state index contributed by atoms with van der Waals surface area (Å²) < 4.78 is 20.7. The molecule has 21 heteroatoms. The SMILES string of the molecule is CCC(=O)NCCOCCOCC(=O)NCCCC[C@H](CC(=O)[C@H](N)CO)C(=O)C[C@H](C(N)=O)[C@@H](C)O.COCCOCCCC(=O)CC[C@H](CC(=O)CCCCCCCCCCCCCCCCC(=O)O)C(=O)O.[HH].[HH]. The number of carboxylic acid groups (broad SMARTS) is 2. The molecule has 0 radical (unpaired) electrons. The van der Waals surface area contributed by atoms with Crippen molar-refractivity contribution in [2.75, 3.05) is 73.1 Å². The first-order valence-corrected chi connectivity index (χ1v) is 27.5. The standard InChI is InChI=1S/C30H54O8.C24H44N4O9.2H2/c1-37-23-24-38-22-16-18-27(31)21-20-26(30(35)36)25-28(32)17-14-12-10-8-6-4-2-3-5-7-9-11-13-15-19-29(33)34;1-3-22(33)28-8-9-36-10-11-37-15-23(34)27-7-5-4-6-17(12-21(32)19(25)14-29)20(31)13-18(16(2)30)24(26)35;;/h26H,2-25H2,1H3,(H,33,34)(H,35,36);16-19,29-30H,3-15,25H2,1-2H3,(H2,26,35)(H,27,34)(H,28,33);2*1H/t26-;16-,17-,18+,19-;;/m11../s1. The maximum Gasteiger partial charge on any atom is 0.306 e. The van der Waals surface area contributed by atoms with Crippen molar-refractivity contribution in [3.8, 4) is 0 Å². The molecule has 0 saturated carbocycles. The smallest absolute Gasteiger partial charge is 0.306 e. The number of hydrogen-bond donors (Lipinski definition) is 8. The van der Waals surface area contributed by atoms with Crippen LogP contribution in [0.5, 0.6) is 0 Å². The van der Waals surface area contributed by atoms with Crippen molar-refractivity contribution in [2.24, 2.45) is 29.2 Å². The van der Waals surface area contributed by atoms with Gasteiger partial charge in [-0.05, 0) is 45.4 Å². The van der Waals surface area contributed by atoms with Crippen LogP contribution in [0.4, 0.5) is 0 Å². The minimum absolute atomic E-state index is 0. The first kappa shape index (κ1) is 72.8. The lowest BCUT2D eigenvalue weighted by atomic mass is 9.84. The molecule has 75 heavy (non-hydrogen) atoms. The summed E-state index contributed by atoms with van der Waals surface area (Å²) in [7, 11) is 1.60. The quantitative estimate of drug-likeness (QED) is 0.0352. The highest BCUT2D eigenvalue weighted by molar-refractivity contribution is 5.92. The van der Waals surface area contributed by atoms with Crippen LogP contribution in [0.1, 0.15) is 190 Å². The Bertz CT molecular complexity index is 1580. The Balaban J connectivity index is -0.000000675. The summed E-state index contributed by atoms with van der Waals surface area (Å²) >= 11 is 0. The lowest BCUT2D eigenvalue weighted by Gasteiger charge is -2.21. The third-order valence-electron chi connectivity index (χ3n) is 12.5. The summed E-state index contributed by atoms with van der Waals surface area (Å²) in [6, 6.07) is -1.11. The van der Waals surface area contributed by atoms with Crippen molar-refractivity contribution in [3.63, 3.8) is 0 Å². The number of aliphatic hydroxyl groups is 2. The number of aliphatic hydroxyl groups excluding tert-OH is 2. The first-order chi connectivity index (χ1) is 35.9. The number of methoxy groups -OCH3 is 1. The molecule has 0 aliphatic heterocycles. The minimum Gasteiger partial charge on any atom is -0.481 e. The van der Waals surface area contributed by atoms with Crippen LogP contribution in [0.2, 0.25) is 0 Å². The predicted octanol–water partition coefficient (Wildman–Crippen LogP) is 5.43. The van der Waals surface area contributed by atoms with Gasteiger partial charge in [-0.2, -0.15) is 0 Å². The van der Waals surface area contributed by atoms with Crippen LogP contribution in [0, 0.1) is 17.8 Å². The molecular formula is C54H102N4O17. The molecule has 0 heterocycles. The number of nitrogens with one attached hydrogen (secondary N) is 2. The number of carboxylic acids is 2. The number of unbranched alkanes of at least 4 members (excludes halogenated alkanes) is 14. The van der Waals surface area contributed by atoms with Crippen LogP contribution < -0.4 is 22.1 Å². The van der Waals surface area contributed by atoms with Gasteiger partial charge in [0.25, 0.3) is 0 Å². The van der Waals surface area contributed by atoms with E-state index in [2.05, 4.69) is 10.6 Å². The van der Waals surface area contributed by atoms with Crippen molar-refractivity contribution >= 4 is 52.8 Å². The van der Waals surface area contributed by atoms with Gasteiger partial charge >= 0.3 is 11.9 Å². The Labute approximate surface area is 449 Å². The molecule has 0 rings (SSSR count). The maximum absolute atomic E-state index is 12.8. The number of ether oxygens (including phenoxy) is 4. The number of rotatable bonds is 53. The van der Waals surface area contributed by atoms with Crippen LogP contribution in [-0.2, 0) is 62.1 Å². The van der Waals surface area contributed by atoms with Crippen LogP contribution in [0.25, 0.3) is 0 Å². The normalized spacial score (nSPS) is 13.1. The molecular weight excluding hydrogens is 977 g/mol. The van der Waals surface area contributed by atoms with E-state index in [1.54, 1.807) is 14.0 Å². The highest BCUT2D eigenvalue weighted by Gasteiger charge is 2.30. The lowest BCUT2D eigenvalue weighted by Crippen LogP contribution is -2.38. The molecule has 21 nitrogen and oxygen atoms in total. The second-order valence-corrected chi connectivity index (χ2v) is 19.2.